The van der Waals surface area contributed by atoms with E-state index >= 15 is 0 Å². The summed E-state index contributed by atoms with van der Waals surface area (Å²) in [5.74, 6) is 3.59. The summed E-state index contributed by atoms with van der Waals surface area (Å²) in [6.07, 6.45) is 9.94. The average Bonchev–Trinajstić information content (AvgIpc) is 2.38. The smallest absolute Gasteiger partial charge is 0.0103 e. The van der Waals surface area contributed by atoms with Gasteiger partial charge >= 0.3 is 0 Å². The van der Waals surface area contributed by atoms with Crippen LogP contribution in [0.2, 0.25) is 0 Å². The average molecular weight is 294 g/mol. The summed E-state index contributed by atoms with van der Waals surface area (Å²) in [6.45, 7) is 14.6. The highest BCUT2D eigenvalue weighted by molar-refractivity contribution is 4.90. The van der Waals surface area contributed by atoms with E-state index in [1.54, 1.807) is 0 Å². The molecule has 0 aliphatic heterocycles. The molecule has 0 heterocycles. The zero-order valence-corrected chi connectivity index (χ0v) is 15.4. The molecule has 0 aromatic heterocycles. The van der Waals surface area contributed by atoms with Crippen molar-refractivity contribution < 1.29 is 0 Å². The lowest BCUT2D eigenvalue weighted by atomic mass is 9.70. The van der Waals surface area contributed by atoms with Gasteiger partial charge in [0.2, 0.25) is 0 Å². The molecule has 0 aromatic rings. The van der Waals surface area contributed by atoms with Crippen molar-refractivity contribution in [2.24, 2.45) is 29.1 Å². The van der Waals surface area contributed by atoms with Gasteiger partial charge in [0, 0.05) is 12.1 Å². The Morgan fingerprint density at radius 1 is 0.905 bits per heavy atom. The van der Waals surface area contributed by atoms with E-state index in [1.807, 2.05) is 0 Å². The zero-order valence-electron chi connectivity index (χ0n) is 15.4. The van der Waals surface area contributed by atoms with Gasteiger partial charge in [-0.25, -0.2) is 0 Å². The maximum absolute atomic E-state index is 4.09. The van der Waals surface area contributed by atoms with Crippen molar-refractivity contribution in [2.75, 3.05) is 0 Å². The maximum atomic E-state index is 4.09. The molecule has 2 aliphatic carbocycles. The second-order valence-corrected chi connectivity index (χ2v) is 9.51. The Labute approximate surface area is 133 Å². The lowest BCUT2D eigenvalue weighted by molar-refractivity contribution is 0.122. The Balaban J connectivity index is 1.86. The minimum Gasteiger partial charge on any atom is -0.311 e. The highest BCUT2D eigenvalue weighted by Gasteiger charge is 2.34. The molecule has 0 amide bonds. The van der Waals surface area contributed by atoms with E-state index in [0.29, 0.717) is 5.41 Å². The first-order chi connectivity index (χ1) is 9.77. The first-order valence-electron chi connectivity index (χ1n) is 9.53. The lowest BCUT2D eigenvalue weighted by Crippen LogP contribution is -2.48. The summed E-state index contributed by atoms with van der Waals surface area (Å²) in [5, 5.41) is 4.09. The summed E-state index contributed by atoms with van der Waals surface area (Å²) >= 11 is 0. The van der Waals surface area contributed by atoms with Crippen molar-refractivity contribution in [2.45, 2.75) is 98.6 Å². The largest absolute Gasteiger partial charge is 0.311 e. The molecule has 1 N–H and O–H groups in total. The molecule has 0 spiro atoms. The quantitative estimate of drug-likeness (QED) is 0.710. The first kappa shape index (κ1) is 17.3. The Morgan fingerprint density at radius 3 is 2.05 bits per heavy atom. The number of hydrogen-bond acceptors (Lipinski definition) is 1. The van der Waals surface area contributed by atoms with Crippen LogP contribution in [0, 0.1) is 29.1 Å². The molecule has 2 saturated carbocycles. The Kier molecular flexibility index (Phi) is 5.79. The number of hydrogen-bond donors (Lipinski definition) is 1. The van der Waals surface area contributed by atoms with Gasteiger partial charge in [0.1, 0.15) is 0 Å². The summed E-state index contributed by atoms with van der Waals surface area (Å²) in [5.41, 5.74) is 0.505. The van der Waals surface area contributed by atoms with Gasteiger partial charge in [0.15, 0.2) is 0 Å². The second kappa shape index (κ2) is 7.02. The molecule has 124 valence electrons. The topological polar surface area (TPSA) is 12.0 Å². The molecule has 0 aromatic carbocycles. The zero-order chi connectivity index (χ0) is 15.6. The fraction of sp³-hybridized carbons (Fsp3) is 1.00. The van der Waals surface area contributed by atoms with E-state index in [4.69, 9.17) is 0 Å². The molecule has 3 atom stereocenters. The van der Waals surface area contributed by atoms with Crippen molar-refractivity contribution in [1.82, 2.24) is 5.32 Å². The van der Waals surface area contributed by atoms with E-state index in [1.165, 1.54) is 44.9 Å². The van der Waals surface area contributed by atoms with Crippen molar-refractivity contribution >= 4 is 0 Å². The van der Waals surface area contributed by atoms with E-state index in [-0.39, 0.29) is 0 Å². The molecule has 3 unspecified atom stereocenters. The van der Waals surface area contributed by atoms with Crippen LogP contribution in [-0.4, -0.2) is 12.1 Å². The van der Waals surface area contributed by atoms with Crippen LogP contribution in [-0.2, 0) is 0 Å². The minimum atomic E-state index is 0.505. The molecule has 0 saturated heterocycles. The van der Waals surface area contributed by atoms with Crippen LogP contribution in [0.5, 0.6) is 0 Å². The second-order valence-electron chi connectivity index (χ2n) is 9.51. The van der Waals surface area contributed by atoms with Gasteiger partial charge in [-0.2, -0.15) is 0 Å². The standard InChI is InChI=1S/C20H39N/c1-14(2)18-12-7-15(3)13-19(18)21-17-10-8-16(9-11-17)20(4,5)6/h14-19,21H,7-13H2,1-6H3. The van der Waals surface area contributed by atoms with Crippen LogP contribution in [0.3, 0.4) is 0 Å². The third-order valence-electron chi connectivity index (χ3n) is 6.42. The van der Waals surface area contributed by atoms with Crippen LogP contribution < -0.4 is 5.32 Å². The van der Waals surface area contributed by atoms with E-state index < -0.39 is 0 Å². The first-order valence-corrected chi connectivity index (χ1v) is 9.53. The monoisotopic (exact) mass is 293 g/mol. The van der Waals surface area contributed by atoms with Crippen LogP contribution in [0.1, 0.15) is 86.5 Å². The van der Waals surface area contributed by atoms with Gasteiger partial charge < -0.3 is 5.32 Å². The van der Waals surface area contributed by atoms with Gasteiger partial charge in [-0.3, -0.25) is 0 Å². The Hall–Kier alpha value is -0.0400. The third kappa shape index (κ3) is 4.71. The summed E-state index contributed by atoms with van der Waals surface area (Å²) < 4.78 is 0. The predicted octanol–water partition coefficient (Wildman–Crippen LogP) is 5.64. The molecule has 0 bridgehead atoms. The van der Waals surface area contributed by atoms with Gasteiger partial charge in [-0.1, -0.05) is 48.0 Å². The van der Waals surface area contributed by atoms with Gasteiger partial charge in [0.05, 0.1) is 0 Å². The molecule has 21 heavy (non-hydrogen) atoms. The minimum absolute atomic E-state index is 0.505. The molecular weight excluding hydrogens is 254 g/mol. The van der Waals surface area contributed by atoms with Crippen LogP contribution in [0.25, 0.3) is 0 Å². The van der Waals surface area contributed by atoms with Crippen LogP contribution in [0.4, 0.5) is 0 Å². The Bertz CT molecular complexity index is 306. The van der Waals surface area contributed by atoms with E-state index in [9.17, 15) is 0 Å². The van der Waals surface area contributed by atoms with E-state index in [0.717, 1.165) is 35.8 Å². The number of rotatable bonds is 3. The molecular formula is C20H39N. The molecule has 2 rings (SSSR count). The summed E-state index contributed by atoms with van der Waals surface area (Å²) in [7, 11) is 0. The summed E-state index contributed by atoms with van der Waals surface area (Å²) in [4.78, 5) is 0. The van der Waals surface area contributed by atoms with Gasteiger partial charge in [0.25, 0.3) is 0 Å². The van der Waals surface area contributed by atoms with Crippen LogP contribution >= 0.6 is 0 Å². The SMILES string of the molecule is CC1CCC(C(C)C)C(NC2CCC(C(C)(C)C)CC2)C1. The van der Waals surface area contributed by atoms with Crippen molar-refractivity contribution in [3.8, 4) is 0 Å². The maximum Gasteiger partial charge on any atom is 0.0103 e. The van der Waals surface area contributed by atoms with Crippen molar-refractivity contribution in [1.29, 1.82) is 0 Å². The fourth-order valence-corrected chi connectivity index (χ4v) is 4.82. The number of nitrogens with one attached hydrogen (secondary N) is 1. The molecule has 1 heteroatoms. The van der Waals surface area contributed by atoms with Gasteiger partial charge in [-0.05, 0) is 67.6 Å². The van der Waals surface area contributed by atoms with Crippen molar-refractivity contribution in [3.05, 3.63) is 0 Å². The highest BCUT2D eigenvalue weighted by atomic mass is 15.0. The molecule has 0 radical (unpaired) electrons. The lowest BCUT2D eigenvalue weighted by Gasteiger charge is -2.43. The molecule has 2 aliphatic rings. The normalized spacial score (nSPS) is 38.7. The van der Waals surface area contributed by atoms with Gasteiger partial charge in [-0.15, -0.1) is 0 Å². The highest BCUT2D eigenvalue weighted by Crippen LogP contribution is 2.39. The van der Waals surface area contributed by atoms with Crippen molar-refractivity contribution in [3.63, 3.8) is 0 Å². The fourth-order valence-electron chi connectivity index (χ4n) is 4.82. The third-order valence-corrected chi connectivity index (χ3v) is 6.42. The summed E-state index contributed by atoms with van der Waals surface area (Å²) in [6, 6.07) is 1.57. The van der Waals surface area contributed by atoms with E-state index in [2.05, 4.69) is 46.9 Å². The predicted molar refractivity (Wildman–Crippen MR) is 93.5 cm³/mol. The Morgan fingerprint density at radius 2 is 1.52 bits per heavy atom. The molecule has 1 nitrogen and oxygen atoms in total. The van der Waals surface area contributed by atoms with Crippen LogP contribution in [0.15, 0.2) is 0 Å². The molecule has 2 fully saturated rings.